The minimum atomic E-state index is 0.558. The maximum Gasteiger partial charge on any atom is 0.0000875 e. The molecule has 0 radical (unpaired) electrons. The SMILES string of the molecule is CC1CCC[C@]2(C)C([C@@H](C)CCI)=CC[C@@H]12.CCCC[C@H](C)C1=CC[C@H]2C(C)CCC[C@]12C. The smallest absolute Gasteiger partial charge is 0.0000875 e. The predicted octanol–water partition coefficient (Wildman–Crippen LogP) is 10.8. The van der Waals surface area contributed by atoms with E-state index in [1.54, 1.807) is 5.57 Å². The molecule has 0 nitrogen and oxygen atoms in total. The summed E-state index contributed by atoms with van der Waals surface area (Å²) in [6.07, 6.45) is 22.2. The normalized spacial score (nSPS) is 39.5. The molecular formula is C32H55I. The summed E-state index contributed by atoms with van der Waals surface area (Å²) in [5, 5.41) is 0. The Bertz CT molecular complexity index is 689. The van der Waals surface area contributed by atoms with E-state index in [1.807, 2.05) is 5.57 Å². The first kappa shape index (κ1) is 27.8. The average Bonchev–Trinajstić information content (AvgIpc) is 3.31. The van der Waals surface area contributed by atoms with E-state index in [2.05, 4.69) is 83.2 Å². The standard InChI is InChI=1S/C17H30.C15H25I/c1-5-6-8-13(2)15-10-11-16-14(3)9-7-12-17(15,16)4;1-11-5-4-9-15(3)13(11)6-7-14(15)12(2)8-10-16/h10,13-14,16H,5-9,11-12H2,1-4H3;7,11-13H,4-6,8-10H2,1-3H3/t13-,14?,16-,17+;11?,12-,13-,15-/m00/s1. The number of alkyl halides is 1. The van der Waals surface area contributed by atoms with Crippen molar-refractivity contribution in [3.05, 3.63) is 23.3 Å². The van der Waals surface area contributed by atoms with E-state index in [0.717, 1.165) is 35.5 Å². The third-order valence-electron chi connectivity index (χ3n) is 10.8. The Morgan fingerprint density at radius 1 is 0.848 bits per heavy atom. The van der Waals surface area contributed by atoms with Crippen LogP contribution in [0.3, 0.4) is 0 Å². The van der Waals surface area contributed by atoms with Crippen LogP contribution in [0.2, 0.25) is 0 Å². The summed E-state index contributed by atoms with van der Waals surface area (Å²) in [6.45, 7) is 17.3. The number of rotatable bonds is 7. The Balaban J connectivity index is 0.000000186. The molecule has 33 heavy (non-hydrogen) atoms. The summed E-state index contributed by atoms with van der Waals surface area (Å²) in [7, 11) is 0. The van der Waals surface area contributed by atoms with E-state index in [0.29, 0.717) is 10.8 Å². The van der Waals surface area contributed by atoms with E-state index in [-0.39, 0.29) is 0 Å². The second-order valence-corrected chi connectivity index (χ2v) is 14.1. The lowest BCUT2D eigenvalue weighted by Crippen LogP contribution is -2.35. The minimum absolute atomic E-state index is 0.558. The van der Waals surface area contributed by atoms with Gasteiger partial charge in [0.25, 0.3) is 0 Å². The van der Waals surface area contributed by atoms with Crippen molar-refractivity contribution in [2.45, 2.75) is 126 Å². The number of allylic oxidation sites excluding steroid dienone is 4. The zero-order valence-corrected chi connectivity index (χ0v) is 25.3. The van der Waals surface area contributed by atoms with Gasteiger partial charge >= 0.3 is 0 Å². The van der Waals surface area contributed by atoms with Crippen LogP contribution < -0.4 is 0 Å². The molecule has 0 aromatic rings. The van der Waals surface area contributed by atoms with Crippen molar-refractivity contribution in [2.24, 2.45) is 46.3 Å². The molecule has 0 N–H and O–H groups in total. The Kier molecular flexibility index (Phi) is 10.1. The van der Waals surface area contributed by atoms with Crippen LogP contribution in [0.4, 0.5) is 0 Å². The lowest BCUT2D eigenvalue weighted by Gasteiger charge is -2.44. The summed E-state index contributed by atoms with van der Waals surface area (Å²) in [6, 6.07) is 0. The number of hydrogen-bond acceptors (Lipinski definition) is 0. The second-order valence-electron chi connectivity index (χ2n) is 13.0. The van der Waals surface area contributed by atoms with Crippen molar-refractivity contribution in [1.29, 1.82) is 0 Å². The quantitative estimate of drug-likeness (QED) is 0.163. The molecule has 4 rings (SSSR count). The molecule has 4 aliphatic carbocycles. The van der Waals surface area contributed by atoms with E-state index in [9.17, 15) is 0 Å². The van der Waals surface area contributed by atoms with Crippen LogP contribution in [0.25, 0.3) is 0 Å². The average molecular weight is 567 g/mol. The molecule has 0 amide bonds. The van der Waals surface area contributed by atoms with Crippen molar-refractivity contribution in [2.75, 3.05) is 4.43 Å². The van der Waals surface area contributed by atoms with Gasteiger partial charge < -0.3 is 0 Å². The van der Waals surface area contributed by atoms with Crippen molar-refractivity contribution in [1.82, 2.24) is 0 Å². The van der Waals surface area contributed by atoms with Crippen LogP contribution in [-0.4, -0.2) is 4.43 Å². The molecule has 0 aromatic carbocycles. The Labute approximate surface area is 221 Å². The molecule has 2 fully saturated rings. The minimum Gasteiger partial charge on any atom is -0.0864 e. The van der Waals surface area contributed by atoms with Gasteiger partial charge in [0.2, 0.25) is 0 Å². The lowest BCUT2D eigenvalue weighted by molar-refractivity contribution is 0.110. The van der Waals surface area contributed by atoms with Gasteiger partial charge in [-0.05, 0) is 84.9 Å². The van der Waals surface area contributed by atoms with Crippen molar-refractivity contribution in [3.63, 3.8) is 0 Å². The summed E-state index contributed by atoms with van der Waals surface area (Å²) in [4.78, 5) is 0. The van der Waals surface area contributed by atoms with Crippen LogP contribution >= 0.6 is 22.6 Å². The van der Waals surface area contributed by atoms with Crippen molar-refractivity contribution < 1.29 is 0 Å². The molecule has 1 heteroatoms. The molecule has 2 saturated carbocycles. The molecule has 0 heterocycles. The molecule has 2 unspecified atom stereocenters. The third kappa shape index (κ3) is 5.80. The van der Waals surface area contributed by atoms with Gasteiger partial charge in [0.1, 0.15) is 0 Å². The van der Waals surface area contributed by atoms with Gasteiger partial charge in [0.15, 0.2) is 0 Å². The molecule has 0 saturated heterocycles. The molecule has 8 atom stereocenters. The summed E-state index contributed by atoms with van der Waals surface area (Å²) >= 11 is 2.52. The fourth-order valence-corrected chi connectivity index (χ4v) is 9.73. The van der Waals surface area contributed by atoms with Crippen LogP contribution in [0.5, 0.6) is 0 Å². The van der Waals surface area contributed by atoms with Crippen LogP contribution in [0, 0.1) is 46.3 Å². The van der Waals surface area contributed by atoms with Crippen LogP contribution in [0.15, 0.2) is 23.3 Å². The molecule has 190 valence electrons. The monoisotopic (exact) mass is 566 g/mol. The molecule has 0 aromatic heterocycles. The highest BCUT2D eigenvalue weighted by molar-refractivity contribution is 14.1. The van der Waals surface area contributed by atoms with E-state index in [4.69, 9.17) is 0 Å². The molecular weight excluding hydrogens is 511 g/mol. The van der Waals surface area contributed by atoms with Gasteiger partial charge in [0, 0.05) is 4.43 Å². The number of unbranched alkanes of at least 4 members (excludes halogenated alkanes) is 1. The predicted molar refractivity (Wildman–Crippen MR) is 156 cm³/mol. The maximum atomic E-state index is 2.62. The first-order valence-corrected chi connectivity index (χ1v) is 16.2. The fraction of sp³-hybridized carbons (Fsp3) is 0.875. The van der Waals surface area contributed by atoms with Gasteiger partial charge in [-0.3, -0.25) is 0 Å². The lowest BCUT2D eigenvalue weighted by atomic mass is 9.60. The number of halogens is 1. The summed E-state index contributed by atoms with van der Waals surface area (Å²) in [5.74, 6) is 5.44. The first-order valence-electron chi connectivity index (χ1n) is 14.7. The highest BCUT2D eigenvalue weighted by atomic mass is 127. The zero-order chi connectivity index (χ0) is 24.2. The second kappa shape index (κ2) is 12.0. The van der Waals surface area contributed by atoms with E-state index in [1.165, 1.54) is 81.5 Å². The van der Waals surface area contributed by atoms with Crippen molar-refractivity contribution >= 4 is 22.6 Å². The fourth-order valence-electron chi connectivity index (χ4n) is 8.80. The zero-order valence-electron chi connectivity index (χ0n) is 23.2. The first-order chi connectivity index (χ1) is 15.7. The summed E-state index contributed by atoms with van der Waals surface area (Å²) < 4.78 is 1.30. The number of hydrogen-bond donors (Lipinski definition) is 0. The molecule has 0 bridgehead atoms. The maximum absolute atomic E-state index is 2.62. The molecule has 4 aliphatic rings. The van der Waals surface area contributed by atoms with Crippen LogP contribution in [-0.2, 0) is 0 Å². The Morgan fingerprint density at radius 2 is 1.30 bits per heavy atom. The third-order valence-corrected chi connectivity index (χ3v) is 11.4. The highest BCUT2D eigenvalue weighted by Crippen LogP contribution is 2.58. The van der Waals surface area contributed by atoms with E-state index < -0.39 is 0 Å². The van der Waals surface area contributed by atoms with Gasteiger partial charge in [0.05, 0.1) is 0 Å². The Hall–Kier alpha value is 0.210. The van der Waals surface area contributed by atoms with Crippen molar-refractivity contribution in [3.8, 4) is 0 Å². The Morgan fingerprint density at radius 3 is 1.73 bits per heavy atom. The highest BCUT2D eigenvalue weighted by Gasteiger charge is 2.47. The van der Waals surface area contributed by atoms with E-state index >= 15 is 0 Å². The molecule has 0 spiro atoms. The van der Waals surface area contributed by atoms with Gasteiger partial charge in [-0.15, -0.1) is 0 Å². The summed E-state index contributed by atoms with van der Waals surface area (Å²) in [5.41, 5.74) is 4.75. The van der Waals surface area contributed by atoms with Crippen LogP contribution in [0.1, 0.15) is 126 Å². The largest absolute Gasteiger partial charge is 0.0864 e. The number of fused-ring (bicyclic) bond motifs is 2. The van der Waals surface area contributed by atoms with Gasteiger partial charge in [-0.1, -0.05) is 133 Å². The van der Waals surface area contributed by atoms with Gasteiger partial charge in [-0.25, -0.2) is 0 Å². The van der Waals surface area contributed by atoms with Gasteiger partial charge in [-0.2, -0.15) is 0 Å². The molecule has 0 aliphatic heterocycles. The topological polar surface area (TPSA) is 0 Å².